The predicted octanol–water partition coefficient (Wildman–Crippen LogP) is 2.47. The van der Waals surface area contributed by atoms with Gasteiger partial charge in [-0.2, -0.15) is 0 Å². The molecule has 1 rings (SSSR count). The molecule has 1 amide bonds. The zero-order valence-corrected chi connectivity index (χ0v) is 11.5. The van der Waals surface area contributed by atoms with Crippen LogP contribution in [0.3, 0.4) is 0 Å². The molecule has 0 radical (unpaired) electrons. The van der Waals surface area contributed by atoms with Crippen LogP contribution in [0.15, 0.2) is 18.2 Å². The van der Waals surface area contributed by atoms with Crippen LogP contribution >= 0.6 is 11.6 Å². The third kappa shape index (κ3) is 3.96. The van der Waals surface area contributed by atoms with Gasteiger partial charge in [-0.1, -0.05) is 38.4 Å². The molecule has 0 heterocycles. The van der Waals surface area contributed by atoms with Gasteiger partial charge < -0.3 is 11.1 Å². The number of hydrogen-bond donors (Lipinski definition) is 2. The smallest absolute Gasteiger partial charge is 0.235 e. The Kier molecular flexibility index (Phi) is 4.71. The fourth-order valence-electron chi connectivity index (χ4n) is 1.70. The molecule has 0 aliphatic rings. The lowest BCUT2D eigenvalue weighted by Gasteiger charge is -2.28. The lowest BCUT2D eigenvalue weighted by atomic mass is 9.86. The molecular formula is C13H18ClFN2O. The molecule has 0 fully saturated rings. The van der Waals surface area contributed by atoms with Gasteiger partial charge in [-0.3, -0.25) is 4.79 Å². The van der Waals surface area contributed by atoms with Crippen LogP contribution in [0.4, 0.5) is 4.39 Å². The molecule has 3 N–H and O–H groups in total. The SMILES string of the molecule is CC(C)(C)[C@@H](NCc1ccc(Cl)c(F)c1)C(N)=O. The van der Waals surface area contributed by atoms with Crippen molar-refractivity contribution >= 4 is 17.5 Å². The first-order valence-corrected chi connectivity index (χ1v) is 6.06. The largest absolute Gasteiger partial charge is 0.368 e. The van der Waals surface area contributed by atoms with Crippen LogP contribution in [-0.2, 0) is 11.3 Å². The number of carbonyl (C=O) groups excluding carboxylic acids is 1. The van der Waals surface area contributed by atoms with Crippen LogP contribution in [0.25, 0.3) is 0 Å². The summed E-state index contributed by atoms with van der Waals surface area (Å²) in [5, 5.41) is 3.12. The van der Waals surface area contributed by atoms with Gasteiger partial charge in [-0.25, -0.2) is 4.39 Å². The van der Waals surface area contributed by atoms with E-state index in [0.717, 1.165) is 0 Å². The van der Waals surface area contributed by atoms with Crippen molar-refractivity contribution in [1.29, 1.82) is 0 Å². The van der Waals surface area contributed by atoms with E-state index in [1.54, 1.807) is 6.07 Å². The summed E-state index contributed by atoms with van der Waals surface area (Å²) < 4.78 is 13.2. The molecule has 1 aromatic carbocycles. The van der Waals surface area contributed by atoms with Gasteiger partial charge in [-0.05, 0) is 23.1 Å². The van der Waals surface area contributed by atoms with Crippen molar-refractivity contribution in [3.8, 4) is 0 Å². The van der Waals surface area contributed by atoms with Crippen molar-refractivity contribution in [2.75, 3.05) is 0 Å². The highest BCUT2D eigenvalue weighted by atomic mass is 35.5. The second-order valence-electron chi connectivity index (χ2n) is 5.33. The minimum Gasteiger partial charge on any atom is -0.368 e. The molecule has 0 saturated carbocycles. The highest BCUT2D eigenvalue weighted by molar-refractivity contribution is 6.30. The summed E-state index contributed by atoms with van der Waals surface area (Å²) in [6.45, 7) is 6.10. The first-order valence-electron chi connectivity index (χ1n) is 5.68. The Morgan fingerprint density at radius 3 is 2.56 bits per heavy atom. The molecule has 0 aliphatic carbocycles. The molecular weight excluding hydrogens is 255 g/mol. The van der Waals surface area contributed by atoms with Gasteiger partial charge in [0.1, 0.15) is 5.82 Å². The van der Waals surface area contributed by atoms with Crippen LogP contribution in [0.2, 0.25) is 5.02 Å². The number of benzene rings is 1. The van der Waals surface area contributed by atoms with Gasteiger partial charge in [0.15, 0.2) is 0 Å². The van der Waals surface area contributed by atoms with E-state index >= 15 is 0 Å². The van der Waals surface area contributed by atoms with Gasteiger partial charge in [0.25, 0.3) is 0 Å². The number of amides is 1. The summed E-state index contributed by atoms with van der Waals surface area (Å²) >= 11 is 5.60. The third-order valence-electron chi connectivity index (χ3n) is 2.64. The van der Waals surface area contributed by atoms with Gasteiger partial charge in [0.05, 0.1) is 11.1 Å². The van der Waals surface area contributed by atoms with Crippen LogP contribution < -0.4 is 11.1 Å². The maximum atomic E-state index is 13.2. The fraction of sp³-hybridized carbons (Fsp3) is 0.462. The van der Waals surface area contributed by atoms with E-state index in [4.69, 9.17) is 17.3 Å². The molecule has 5 heteroatoms. The standard InChI is InChI=1S/C13H18ClFN2O/c1-13(2,3)11(12(16)18)17-7-8-4-5-9(14)10(15)6-8/h4-6,11,17H,7H2,1-3H3,(H2,16,18)/t11-/m0/s1. The predicted molar refractivity (Wildman–Crippen MR) is 70.7 cm³/mol. The van der Waals surface area contributed by atoms with E-state index in [1.807, 2.05) is 20.8 Å². The van der Waals surface area contributed by atoms with Crippen molar-refractivity contribution < 1.29 is 9.18 Å². The molecule has 0 aliphatic heterocycles. The average molecular weight is 273 g/mol. The second kappa shape index (κ2) is 5.67. The fourth-order valence-corrected chi connectivity index (χ4v) is 1.82. The van der Waals surface area contributed by atoms with Crippen LogP contribution in [-0.4, -0.2) is 11.9 Å². The monoisotopic (exact) mass is 272 g/mol. The number of hydrogen-bond acceptors (Lipinski definition) is 2. The number of primary amides is 1. The number of carbonyl (C=O) groups is 1. The zero-order chi connectivity index (χ0) is 13.9. The summed E-state index contributed by atoms with van der Waals surface area (Å²) in [6, 6.07) is 4.07. The lowest BCUT2D eigenvalue weighted by Crippen LogP contribution is -2.49. The van der Waals surface area contributed by atoms with Gasteiger partial charge in [0, 0.05) is 6.54 Å². The summed E-state index contributed by atoms with van der Waals surface area (Å²) in [4.78, 5) is 11.4. The first kappa shape index (κ1) is 14.9. The summed E-state index contributed by atoms with van der Waals surface area (Å²) in [5.41, 5.74) is 5.76. The number of nitrogens with two attached hydrogens (primary N) is 1. The quantitative estimate of drug-likeness (QED) is 0.885. The van der Waals surface area contributed by atoms with E-state index < -0.39 is 17.8 Å². The number of rotatable bonds is 4. The molecule has 0 bridgehead atoms. The van der Waals surface area contributed by atoms with Gasteiger partial charge in [0.2, 0.25) is 5.91 Å². The molecule has 0 saturated heterocycles. The summed E-state index contributed by atoms with van der Waals surface area (Å²) in [5.74, 6) is -0.890. The van der Waals surface area contributed by atoms with Gasteiger partial charge in [-0.15, -0.1) is 0 Å². The van der Waals surface area contributed by atoms with E-state index in [-0.39, 0.29) is 10.4 Å². The summed E-state index contributed by atoms with van der Waals surface area (Å²) in [6.07, 6.45) is 0. The molecule has 3 nitrogen and oxygen atoms in total. The minimum absolute atomic E-state index is 0.0843. The Balaban J connectivity index is 2.73. The minimum atomic E-state index is -0.476. The maximum Gasteiger partial charge on any atom is 0.235 e. The molecule has 0 aromatic heterocycles. The Morgan fingerprint density at radius 1 is 1.50 bits per heavy atom. The Labute approximate surface area is 112 Å². The average Bonchev–Trinajstić information content (AvgIpc) is 2.21. The first-order chi connectivity index (χ1) is 8.21. The molecule has 1 atom stereocenters. The molecule has 0 unspecified atom stereocenters. The van der Waals surface area contributed by atoms with Crippen molar-refractivity contribution in [3.05, 3.63) is 34.6 Å². The summed E-state index contributed by atoms with van der Waals surface area (Å²) in [7, 11) is 0. The molecule has 0 spiro atoms. The van der Waals surface area contributed by atoms with Crippen molar-refractivity contribution in [2.24, 2.45) is 11.1 Å². The second-order valence-corrected chi connectivity index (χ2v) is 5.74. The lowest BCUT2D eigenvalue weighted by molar-refractivity contribution is -0.122. The molecule has 18 heavy (non-hydrogen) atoms. The third-order valence-corrected chi connectivity index (χ3v) is 2.95. The van der Waals surface area contributed by atoms with Gasteiger partial charge >= 0.3 is 0 Å². The van der Waals surface area contributed by atoms with Crippen LogP contribution in [0.5, 0.6) is 0 Å². The number of halogens is 2. The van der Waals surface area contributed by atoms with Crippen LogP contribution in [0, 0.1) is 11.2 Å². The zero-order valence-electron chi connectivity index (χ0n) is 10.8. The van der Waals surface area contributed by atoms with Crippen molar-refractivity contribution in [1.82, 2.24) is 5.32 Å². The van der Waals surface area contributed by atoms with E-state index in [1.165, 1.54) is 12.1 Å². The van der Waals surface area contributed by atoms with Crippen molar-refractivity contribution in [3.63, 3.8) is 0 Å². The van der Waals surface area contributed by atoms with Crippen LogP contribution in [0.1, 0.15) is 26.3 Å². The molecule has 1 aromatic rings. The number of nitrogens with one attached hydrogen (secondary N) is 1. The molecule has 100 valence electrons. The van der Waals surface area contributed by atoms with E-state index in [0.29, 0.717) is 12.1 Å². The Morgan fingerprint density at radius 2 is 2.11 bits per heavy atom. The Bertz CT molecular complexity index is 443. The highest BCUT2D eigenvalue weighted by Gasteiger charge is 2.28. The normalized spacial score (nSPS) is 13.4. The van der Waals surface area contributed by atoms with E-state index in [9.17, 15) is 9.18 Å². The van der Waals surface area contributed by atoms with Crippen molar-refractivity contribution in [2.45, 2.75) is 33.4 Å². The highest BCUT2D eigenvalue weighted by Crippen LogP contribution is 2.20. The topological polar surface area (TPSA) is 55.1 Å². The Hall–Kier alpha value is -1.13. The van der Waals surface area contributed by atoms with E-state index in [2.05, 4.69) is 5.32 Å². The maximum absolute atomic E-state index is 13.2.